The number of aromatic nitrogens is 1. The third-order valence-corrected chi connectivity index (χ3v) is 5.14. The van der Waals surface area contributed by atoms with E-state index in [1.54, 1.807) is 13.0 Å². The third kappa shape index (κ3) is 2.82. The standard InChI is InChI=1S/C17H17N3O2S/c1-8-9(2)16(21)20-14-7-12(5-6-13(8)14)19-17(22)15-10(3)18-11(4)23-15/h5-7,13H,1-4H3,(H,20,21). The number of hydrogen-bond donors (Lipinski definition) is 1. The molecule has 6 heteroatoms. The van der Waals surface area contributed by atoms with Crippen molar-refractivity contribution >= 4 is 28.9 Å². The molecule has 1 aliphatic heterocycles. The van der Waals surface area contributed by atoms with Gasteiger partial charge in [0, 0.05) is 17.2 Å². The van der Waals surface area contributed by atoms with Crippen molar-refractivity contribution < 1.29 is 9.59 Å². The van der Waals surface area contributed by atoms with Gasteiger partial charge in [-0.1, -0.05) is 11.6 Å². The van der Waals surface area contributed by atoms with Crippen LogP contribution in [-0.4, -0.2) is 22.5 Å². The van der Waals surface area contributed by atoms with Crippen molar-refractivity contribution in [3.8, 4) is 0 Å². The second-order valence-corrected chi connectivity index (χ2v) is 6.89. The fourth-order valence-electron chi connectivity index (χ4n) is 2.69. The summed E-state index contributed by atoms with van der Waals surface area (Å²) >= 11 is 1.35. The van der Waals surface area contributed by atoms with Crippen LogP contribution in [0.3, 0.4) is 0 Å². The van der Waals surface area contributed by atoms with Crippen LogP contribution in [0.1, 0.15) is 34.2 Å². The number of fused-ring (bicyclic) bond motifs is 1. The van der Waals surface area contributed by atoms with E-state index in [4.69, 9.17) is 0 Å². The number of aliphatic imine (C=N–C) groups is 1. The Kier molecular flexibility index (Phi) is 3.85. The summed E-state index contributed by atoms with van der Waals surface area (Å²) in [5, 5.41) is 3.71. The molecule has 1 aromatic rings. The number of thiazole rings is 1. The minimum Gasteiger partial charge on any atom is -0.325 e. The van der Waals surface area contributed by atoms with E-state index in [1.807, 2.05) is 32.9 Å². The minimum absolute atomic E-state index is 0.0501. The molecule has 5 nitrogen and oxygen atoms in total. The highest BCUT2D eigenvalue weighted by molar-refractivity contribution is 7.13. The van der Waals surface area contributed by atoms with Crippen LogP contribution in [0.5, 0.6) is 0 Å². The van der Waals surface area contributed by atoms with Gasteiger partial charge in [-0.15, -0.1) is 11.3 Å². The van der Waals surface area contributed by atoms with E-state index in [2.05, 4.69) is 15.3 Å². The predicted molar refractivity (Wildman–Crippen MR) is 90.6 cm³/mol. The maximum atomic E-state index is 12.3. The van der Waals surface area contributed by atoms with Crippen molar-refractivity contribution in [2.45, 2.75) is 27.7 Å². The van der Waals surface area contributed by atoms with Crippen LogP contribution in [0.15, 0.2) is 40.1 Å². The molecular formula is C17H17N3O2S. The summed E-state index contributed by atoms with van der Waals surface area (Å²) in [4.78, 5) is 33.2. The number of rotatable bonds is 1. The molecular weight excluding hydrogens is 310 g/mol. The van der Waals surface area contributed by atoms with E-state index in [0.717, 1.165) is 21.9 Å². The summed E-state index contributed by atoms with van der Waals surface area (Å²) in [5.74, 6) is -0.345. The Morgan fingerprint density at radius 1 is 1.30 bits per heavy atom. The lowest BCUT2D eigenvalue weighted by molar-refractivity contribution is -0.117. The zero-order chi connectivity index (χ0) is 16.7. The predicted octanol–water partition coefficient (Wildman–Crippen LogP) is 2.88. The Balaban J connectivity index is 1.91. The fraction of sp³-hybridized carbons (Fsp3) is 0.294. The Labute approximate surface area is 138 Å². The van der Waals surface area contributed by atoms with Gasteiger partial charge in [0.1, 0.15) is 4.88 Å². The van der Waals surface area contributed by atoms with Crippen LogP contribution in [-0.2, 0) is 4.79 Å². The van der Waals surface area contributed by atoms with Crippen LogP contribution in [0.2, 0.25) is 0 Å². The van der Waals surface area contributed by atoms with Gasteiger partial charge in [-0.2, -0.15) is 0 Å². The lowest BCUT2D eigenvalue weighted by Gasteiger charge is -2.28. The Hall–Kier alpha value is -2.34. The van der Waals surface area contributed by atoms with Crippen molar-refractivity contribution in [2.75, 3.05) is 0 Å². The van der Waals surface area contributed by atoms with E-state index < -0.39 is 0 Å². The molecule has 2 amide bonds. The van der Waals surface area contributed by atoms with Gasteiger partial charge in [0.05, 0.1) is 16.4 Å². The molecule has 0 saturated carbocycles. The van der Waals surface area contributed by atoms with E-state index >= 15 is 0 Å². The monoisotopic (exact) mass is 327 g/mol. The van der Waals surface area contributed by atoms with Crippen LogP contribution < -0.4 is 5.32 Å². The Bertz CT molecular complexity index is 840. The molecule has 1 aliphatic carbocycles. The highest BCUT2D eigenvalue weighted by atomic mass is 32.1. The van der Waals surface area contributed by atoms with Crippen molar-refractivity contribution in [2.24, 2.45) is 10.9 Å². The average molecular weight is 327 g/mol. The molecule has 1 unspecified atom stereocenters. The number of allylic oxidation sites excluding steroid dienone is 3. The van der Waals surface area contributed by atoms with E-state index in [1.165, 1.54) is 11.3 Å². The van der Waals surface area contributed by atoms with Gasteiger partial charge in [0.25, 0.3) is 11.8 Å². The van der Waals surface area contributed by atoms with Crippen LogP contribution in [0.25, 0.3) is 0 Å². The number of nitrogens with zero attached hydrogens (tertiary/aromatic N) is 2. The Morgan fingerprint density at radius 2 is 2.04 bits per heavy atom. The first kappa shape index (κ1) is 15.6. The largest absolute Gasteiger partial charge is 0.325 e. The van der Waals surface area contributed by atoms with Gasteiger partial charge in [-0.3, -0.25) is 9.59 Å². The first-order valence-electron chi connectivity index (χ1n) is 7.32. The zero-order valence-corrected chi connectivity index (χ0v) is 14.2. The number of hydrogen-bond acceptors (Lipinski definition) is 4. The normalized spacial score (nSPS) is 22.1. The molecule has 118 valence electrons. The molecule has 0 saturated heterocycles. The summed E-state index contributed by atoms with van der Waals surface area (Å²) in [6.07, 6.45) is 5.55. The lowest BCUT2D eigenvalue weighted by Crippen LogP contribution is -2.35. The number of carbonyl (C=O) groups excluding carboxylic acids is 2. The molecule has 0 fully saturated rings. The van der Waals surface area contributed by atoms with Crippen molar-refractivity contribution in [1.29, 1.82) is 0 Å². The summed E-state index contributed by atoms with van der Waals surface area (Å²) in [5.41, 5.74) is 3.77. The number of aryl methyl sites for hydroxylation is 2. The van der Waals surface area contributed by atoms with E-state index in [-0.39, 0.29) is 17.7 Å². The number of nitrogens with one attached hydrogen (secondary N) is 1. The van der Waals surface area contributed by atoms with Crippen molar-refractivity contribution in [3.05, 3.63) is 50.7 Å². The number of carbonyl (C=O) groups is 2. The summed E-state index contributed by atoms with van der Waals surface area (Å²) in [7, 11) is 0. The third-order valence-electron chi connectivity index (χ3n) is 4.08. The molecule has 3 rings (SSSR count). The molecule has 0 radical (unpaired) electrons. The van der Waals surface area contributed by atoms with Gasteiger partial charge >= 0.3 is 0 Å². The van der Waals surface area contributed by atoms with Crippen molar-refractivity contribution in [1.82, 2.24) is 10.3 Å². The molecule has 2 aliphatic rings. The van der Waals surface area contributed by atoms with Crippen LogP contribution in [0.4, 0.5) is 0 Å². The SMILES string of the molecule is CC1=C(C)C2C=CC(=NC(=O)c3sc(C)nc3C)C=C2NC1=O. The van der Waals surface area contributed by atoms with E-state index in [0.29, 0.717) is 16.3 Å². The summed E-state index contributed by atoms with van der Waals surface area (Å²) < 4.78 is 0. The molecule has 0 aromatic carbocycles. The van der Waals surface area contributed by atoms with E-state index in [9.17, 15) is 9.59 Å². The first-order chi connectivity index (χ1) is 10.9. The van der Waals surface area contributed by atoms with Gasteiger partial charge in [0.15, 0.2) is 0 Å². The second kappa shape index (κ2) is 5.70. The van der Waals surface area contributed by atoms with Crippen molar-refractivity contribution in [3.63, 3.8) is 0 Å². The maximum Gasteiger partial charge on any atom is 0.289 e. The molecule has 0 bridgehead atoms. The van der Waals surface area contributed by atoms with Gasteiger partial charge in [-0.25, -0.2) is 9.98 Å². The molecule has 2 heterocycles. The topological polar surface area (TPSA) is 71.4 Å². The Morgan fingerprint density at radius 3 is 2.70 bits per heavy atom. The molecule has 1 aromatic heterocycles. The zero-order valence-electron chi connectivity index (χ0n) is 13.4. The molecule has 1 atom stereocenters. The molecule has 0 spiro atoms. The summed E-state index contributed by atoms with van der Waals surface area (Å²) in [6.45, 7) is 7.44. The minimum atomic E-state index is -0.298. The average Bonchev–Trinajstić information content (AvgIpc) is 2.83. The fourth-order valence-corrected chi connectivity index (χ4v) is 3.50. The second-order valence-electron chi connectivity index (χ2n) is 5.69. The van der Waals surface area contributed by atoms with Gasteiger partial charge in [0.2, 0.25) is 0 Å². The van der Waals surface area contributed by atoms with Gasteiger partial charge < -0.3 is 5.32 Å². The summed E-state index contributed by atoms with van der Waals surface area (Å²) in [6, 6.07) is 0. The highest BCUT2D eigenvalue weighted by Gasteiger charge is 2.27. The maximum absolute atomic E-state index is 12.3. The molecule has 23 heavy (non-hydrogen) atoms. The lowest BCUT2D eigenvalue weighted by atomic mass is 9.85. The first-order valence-corrected chi connectivity index (χ1v) is 8.14. The molecule has 1 N–H and O–H groups in total. The highest BCUT2D eigenvalue weighted by Crippen LogP contribution is 2.30. The van der Waals surface area contributed by atoms with Crippen LogP contribution >= 0.6 is 11.3 Å². The van der Waals surface area contributed by atoms with Gasteiger partial charge in [-0.05, 0) is 39.8 Å². The smallest absolute Gasteiger partial charge is 0.289 e. The quantitative estimate of drug-likeness (QED) is 0.862. The van der Waals surface area contributed by atoms with Crippen LogP contribution in [0, 0.1) is 19.8 Å². The number of amides is 2.